The van der Waals surface area contributed by atoms with Gasteiger partial charge in [-0.25, -0.2) is 4.39 Å². The lowest BCUT2D eigenvalue weighted by Gasteiger charge is -2.09. The van der Waals surface area contributed by atoms with Crippen LogP contribution in [0, 0.1) is 5.82 Å². The van der Waals surface area contributed by atoms with Crippen molar-refractivity contribution in [1.82, 2.24) is 0 Å². The van der Waals surface area contributed by atoms with Gasteiger partial charge in [-0.1, -0.05) is 13.8 Å². The zero-order valence-electron chi connectivity index (χ0n) is 8.98. The monoisotopic (exact) mass is 216 g/mol. The van der Waals surface area contributed by atoms with E-state index in [-0.39, 0.29) is 19.0 Å². The summed E-state index contributed by atoms with van der Waals surface area (Å²) in [6.07, 6.45) is -0.898. The zero-order valence-corrected chi connectivity index (χ0v) is 8.98. The van der Waals surface area contributed by atoms with Crippen LogP contribution in [0.25, 0.3) is 0 Å². The quantitative estimate of drug-likeness (QED) is 0.803. The summed E-state index contributed by atoms with van der Waals surface area (Å²) in [5, 5.41) is 17.4. The predicted molar refractivity (Wildman–Crippen MR) is 56.3 cm³/mol. The molecular weight excluding hydrogens is 199 g/mol. The molecule has 0 unspecified atom stereocenters. The minimum atomic E-state index is -0.898. The lowest BCUT2D eigenvalue weighted by atomic mass is 10.3. The number of ether oxygens (including phenoxy) is 1. The molecule has 0 radical (unpaired) electrons. The first-order valence-electron chi connectivity index (χ1n) is 4.89. The van der Waals surface area contributed by atoms with Crippen LogP contribution in [-0.2, 0) is 0 Å². The van der Waals surface area contributed by atoms with E-state index in [1.165, 1.54) is 24.3 Å². The zero-order chi connectivity index (χ0) is 11.7. The first kappa shape index (κ1) is 13.9. The van der Waals surface area contributed by atoms with Crippen molar-refractivity contribution >= 4 is 0 Å². The number of hydrogen-bond donors (Lipinski definition) is 2. The lowest BCUT2D eigenvalue weighted by molar-refractivity contribution is 0.0536. The van der Waals surface area contributed by atoms with Gasteiger partial charge >= 0.3 is 0 Å². The average molecular weight is 216 g/mol. The first-order valence-corrected chi connectivity index (χ1v) is 4.89. The molecule has 0 heterocycles. The summed E-state index contributed by atoms with van der Waals surface area (Å²) in [4.78, 5) is 0. The molecule has 15 heavy (non-hydrogen) atoms. The van der Waals surface area contributed by atoms with E-state index in [0.29, 0.717) is 5.75 Å². The molecule has 3 nitrogen and oxygen atoms in total. The van der Waals surface area contributed by atoms with Gasteiger partial charge in [0.2, 0.25) is 0 Å². The van der Waals surface area contributed by atoms with Gasteiger partial charge in [0.15, 0.2) is 0 Å². The Morgan fingerprint density at radius 2 is 1.80 bits per heavy atom. The van der Waals surface area contributed by atoms with Gasteiger partial charge in [-0.05, 0) is 24.3 Å². The van der Waals surface area contributed by atoms with Crippen LogP contribution in [-0.4, -0.2) is 29.5 Å². The number of hydrogen-bond acceptors (Lipinski definition) is 3. The predicted octanol–water partition coefficient (Wildman–Crippen LogP) is 1.58. The Balaban J connectivity index is 0.000000921. The minimum Gasteiger partial charge on any atom is -0.491 e. The number of benzene rings is 1. The molecule has 0 fully saturated rings. The second kappa shape index (κ2) is 8.20. The maximum Gasteiger partial charge on any atom is 0.123 e. The van der Waals surface area contributed by atoms with Crippen molar-refractivity contribution in [2.75, 3.05) is 13.2 Å². The Morgan fingerprint density at radius 3 is 2.27 bits per heavy atom. The first-order chi connectivity index (χ1) is 7.22. The molecule has 0 saturated heterocycles. The maximum atomic E-state index is 12.4. The maximum absolute atomic E-state index is 12.4. The third kappa shape index (κ3) is 6.04. The molecule has 86 valence electrons. The minimum absolute atomic E-state index is 0.00212. The number of rotatable bonds is 4. The molecule has 0 aromatic heterocycles. The Kier molecular flexibility index (Phi) is 7.58. The Bertz CT molecular complexity index is 249. The molecule has 1 aromatic rings. The Labute approximate surface area is 89.1 Å². The fourth-order valence-corrected chi connectivity index (χ4v) is 0.776. The van der Waals surface area contributed by atoms with Crippen molar-refractivity contribution in [3.63, 3.8) is 0 Å². The van der Waals surface area contributed by atoms with Crippen LogP contribution in [0.15, 0.2) is 24.3 Å². The van der Waals surface area contributed by atoms with E-state index in [9.17, 15) is 4.39 Å². The molecular formula is C11H17FO3. The Hall–Kier alpha value is -1.13. The number of aliphatic hydroxyl groups excluding tert-OH is 2. The fourth-order valence-electron chi connectivity index (χ4n) is 0.776. The largest absolute Gasteiger partial charge is 0.491 e. The summed E-state index contributed by atoms with van der Waals surface area (Å²) in [6.45, 7) is 3.66. The van der Waals surface area contributed by atoms with E-state index >= 15 is 0 Å². The van der Waals surface area contributed by atoms with Gasteiger partial charge in [0.05, 0.1) is 6.61 Å². The third-order valence-electron chi connectivity index (χ3n) is 1.47. The van der Waals surface area contributed by atoms with E-state index in [1.807, 2.05) is 13.8 Å². The van der Waals surface area contributed by atoms with Gasteiger partial charge in [-0.2, -0.15) is 0 Å². The summed E-state index contributed by atoms with van der Waals surface area (Å²) in [5.74, 6) is 0.129. The highest BCUT2D eigenvalue weighted by molar-refractivity contribution is 5.21. The molecule has 0 saturated carbocycles. The normalized spacial score (nSPS) is 11.3. The highest BCUT2D eigenvalue weighted by Crippen LogP contribution is 2.10. The molecule has 4 heteroatoms. The number of aliphatic hydroxyl groups is 2. The molecule has 0 amide bonds. The summed E-state index contributed by atoms with van der Waals surface area (Å²) in [7, 11) is 0. The van der Waals surface area contributed by atoms with Gasteiger partial charge in [0, 0.05) is 0 Å². The van der Waals surface area contributed by atoms with Crippen molar-refractivity contribution < 1.29 is 19.3 Å². The van der Waals surface area contributed by atoms with Crippen molar-refractivity contribution in [3.05, 3.63) is 30.1 Å². The van der Waals surface area contributed by atoms with Gasteiger partial charge < -0.3 is 14.9 Å². The standard InChI is InChI=1S/C9H11FO3.C2H6/c10-7-1-3-9(4-2-7)13-6-8(12)5-11;1-2/h1-4,8,11-12H,5-6H2;1-2H3/t8-;/m1./s1. The molecule has 0 bridgehead atoms. The van der Waals surface area contributed by atoms with Crippen LogP contribution in [0.5, 0.6) is 5.75 Å². The van der Waals surface area contributed by atoms with E-state index in [1.54, 1.807) is 0 Å². The molecule has 0 aliphatic rings. The molecule has 1 aromatic carbocycles. The van der Waals surface area contributed by atoms with Crippen molar-refractivity contribution in [2.45, 2.75) is 20.0 Å². The van der Waals surface area contributed by atoms with Gasteiger partial charge in [0.25, 0.3) is 0 Å². The van der Waals surface area contributed by atoms with Gasteiger partial charge in [0.1, 0.15) is 24.3 Å². The summed E-state index contributed by atoms with van der Waals surface area (Å²) in [6, 6.07) is 5.44. The second-order valence-electron chi connectivity index (χ2n) is 2.60. The number of halogens is 1. The molecule has 0 spiro atoms. The van der Waals surface area contributed by atoms with Crippen molar-refractivity contribution in [2.24, 2.45) is 0 Å². The van der Waals surface area contributed by atoms with Crippen molar-refractivity contribution in [3.8, 4) is 5.75 Å². The van der Waals surface area contributed by atoms with E-state index in [2.05, 4.69) is 0 Å². The molecule has 1 rings (SSSR count). The SMILES string of the molecule is CC.OC[C@@H](O)COc1ccc(F)cc1. The molecule has 0 aliphatic carbocycles. The topological polar surface area (TPSA) is 49.7 Å². The van der Waals surface area contributed by atoms with Crippen LogP contribution >= 0.6 is 0 Å². The Morgan fingerprint density at radius 1 is 1.27 bits per heavy atom. The van der Waals surface area contributed by atoms with E-state index in [0.717, 1.165) is 0 Å². The highest BCUT2D eigenvalue weighted by atomic mass is 19.1. The van der Waals surface area contributed by atoms with Gasteiger partial charge in [-0.15, -0.1) is 0 Å². The van der Waals surface area contributed by atoms with E-state index < -0.39 is 6.10 Å². The molecule has 2 N–H and O–H groups in total. The van der Waals surface area contributed by atoms with Crippen LogP contribution in [0.3, 0.4) is 0 Å². The summed E-state index contributed by atoms with van der Waals surface area (Å²) >= 11 is 0. The van der Waals surface area contributed by atoms with Crippen LogP contribution < -0.4 is 4.74 Å². The highest BCUT2D eigenvalue weighted by Gasteiger charge is 2.02. The van der Waals surface area contributed by atoms with Crippen LogP contribution in [0.1, 0.15) is 13.8 Å². The average Bonchev–Trinajstić information content (AvgIpc) is 2.30. The molecule has 1 atom stereocenters. The van der Waals surface area contributed by atoms with Gasteiger partial charge in [-0.3, -0.25) is 0 Å². The second-order valence-corrected chi connectivity index (χ2v) is 2.60. The summed E-state index contributed by atoms with van der Waals surface area (Å²) < 4.78 is 17.4. The van der Waals surface area contributed by atoms with E-state index in [4.69, 9.17) is 14.9 Å². The van der Waals surface area contributed by atoms with Crippen LogP contribution in [0.2, 0.25) is 0 Å². The van der Waals surface area contributed by atoms with Crippen LogP contribution in [0.4, 0.5) is 4.39 Å². The summed E-state index contributed by atoms with van der Waals surface area (Å²) in [5.41, 5.74) is 0. The molecule has 0 aliphatic heterocycles. The fraction of sp³-hybridized carbons (Fsp3) is 0.455. The smallest absolute Gasteiger partial charge is 0.123 e. The lowest BCUT2D eigenvalue weighted by Crippen LogP contribution is -2.21. The van der Waals surface area contributed by atoms with Crippen molar-refractivity contribution in [1.29, 1.82) is 0 Å². The third-order valence-corrected chi connectivity index (χ3v) is 1.47.